The smallest absolute Gasteiger partial charge is 0.332 e. The van der Waals surface area contributed by atoms with E-state index in [2.05, 4.69) is 20.6 Å². The highest BCUT2D eigenvalue weighted by atomic mass is 16.6. The number of aryl methyl sites for hydroxylation is 1. The third-order valence-corrected chi connectivity index (χ3v) is 2.94. The quantitative estimate of drug-likeness (QED) is 0.377. The van der Waals surface area contributed by atoms with Crippen molar-refractivity contribution in [1.29, 1.82) is 0 Å². The van der Waals surface area contributed by atoms with Crippen LogP contribution in [0.15, 0.2) is 0 Å². The number of nitrogens with one attached hydrogen (secondary N) is 2. The van der Waals surface area contributed by atoms with Crippen LogP contribution in [0.1, 0.15) is 25.5 Å². The summed E-state index contributed by atoms with van der Waals surface area (Å²) in [6, 6.07) is 0. The molecule has 0 radical (unpaired) electrons. The molecule has 0 spiro atoms. The van der Waals surface area contributed by atoms with Gasteiger partial charge in [0, 0.05) is 20.2 Å². The van der Waals surface area contributed by atoms with Gasteiger partial charge in [0.15, 0.2) is 0 Å². The molecule has 1 heterocycles. The first-order valence-corrected chi connectivity index (χ1v) is 6.55. The molecule has 1 unspecified atom stereocenters. The minimum absolute atomic E-state index is 0.0980. The van der Waals surface area contributed by atoms with Crippen molar-refractivity contribution in [2.45, 2.75) is 26.7 Å². The minimum atomic E-state index is -0.479. The highest BCUT2D eigenvalue weighted by Gasteiger charge is 2.21. The molecule has 1 atom stereocenters. The van der Waals surface area contributed by atoms with Gasteiger partial charge >= 0.3 is 5.69 Å². The van der Waals surface area contributed by atoms with Crippen LogP contribution in [0.4, 0.5) is 17.5 Å². The predicted octanol–water partition coefficient (Wildman–Crippen LogP) is 1.56. The Morgan fingerprint density at radius 3 is 2.70 bits per heavy atom. The predicted molar refractivity (Wildman–Crippen MR) is 76.9 cm³/mol. The molecule has 1 aromatic heterocycles. The van der Waals surface area contributed by atoms with Crippen molar-refractivity contribution in [1.82, 2.24) is 9.97 Å². The lowest BCUT2D eigenvalue weighted by Crippen LogP contribution is -2.12. The van der Waals surface area contributed by atoms with Gasteiger partial charge in [0.05, 0.1) is 4.92 Å². The second-order valence-electron chi connectivity index (χ2n) is 4.69. The summed E-state index contributed by atoms with van der Waals surface area (Å²) in [4.78, 5) is 18.7. The zero-order valence-corrected chi connectivity index (χ0v) is 12.0. The van der Waals surface area contributed by atoms with Crippen molar-refractivity contribution in [2.24, 2.45) is 5.92 Å². The van der Waals surface area contributed by atoms with E-state index in [1.165, 1.54) is 0 Å². The zero-order valence-electron chi connectivity index (χ0n) is 12.0. The average molecular weight is 283 g/mol. The molecule has 0 aliphatic rings. The van der Waals surface area contributed by atoms with Crippen LogP contribution in [0.5, 0.6) is 0 Å². The summed E-state index contributed by atoms with van der Waals surface area (Å²) in [6.45, 7) is 4.25. The summed E-state index contributed by atoms with van der Waals surface area (Å²) in [5, 5.41) is 25.7. The Balaban J connectivity index is 2.76. The van der Waals surface area contributed by atoms with Crippen molar-refractivity contribution >= 4 is 17.5 Å². The van der Waals surface area contributed by atoms with Crippen LogP contribution in [0.2, 0.25) is 0 Å². The molecule has 1 rings (SSSR count). The molecule has 0 fully saturated rings. The number of anilines is 2. The maximum Gasteiger partial charge on any atom is 0.332 e. The maximum absolute atomic E-state index is 11.1. The van der Waals surface area contributed by atoms with E-state index >= 15 is 0 Å². The van der Waals surface area contributed by atoms with Gasteiger partial charge in [-0.05, 0) is 25.7 Å². The third kappa shape index (κ3) is 4.30. The van der Waals surface area contributed by atoms with Gasteiger partial charge < -0.3 is 15.7 Å². The van der Waals surface area contributed by atoms with Crippen molar-refractivity contribution in [3.63, 3.8) is 0 Å². The van der Waals surface area contributed by atoms with E-state index in [-0.39, 0.29) is 24.0 Å². The van der Waals surface area contributed by atoms with Crippen LogP contribution in [-0.2, 0) is 0 Å². The molecule has 0 saturated heterocycles. The fourth-order valence-electron chi connectivity index (χ4n) is 1.77. The molecule has 0 aliphatic heterocycles. The molecular formula is C12H21N5O3. The zero-order chi connectivity index (χ0) is 15.1. The number of hydrogen-bond acceptors (Lipinski definition) is 7. The van der Waals surface area contributed by atoms with Crippen LogP contribution >= 0.6 is 0 Å². The summed E-state index contributed by atoms with van der Waals surface area (Å²) in [5.41, 5.74) is 0.222. The highest BCUT2D eigenvalue weighted by molar-refractivity contribution is 5.60. The second kappa shape index (κ2) is 7.59. The third-order valence-electron chi connectivity index (χ3n) is 2.94. The van der Waals surface area contributed by atoms with Gasteiger partial charge in [0.2, 0.25) is 11.8 Å². The maximum atomic E-state index is 11.1. The number of rotatable bonds is 8. The number of nitro groups is 1. The highest BCUT2D eigenvalue weighted by Crippen LogP contribution is 2.26. The van der Waals surface area contributed by atoms with E-state index in [0.29, 0.717) is 18.2 Å². The number of aliphatic hydroxyl groups is 1. The lowest BCUT2D eigenvalue weighted by Gasteiger charge is -2.10. The average Bonchev–Trinajstić information content (AvgIpc) is 2.41. The number of aromatic nitrogens is 2. The van der Waals surface area contributed by atoms with E-state index < -0.39 is 4.92 Å². The molecule has 0 amide bonds. The summed E-state index contributed by atoms with van der Waals surface area (Å²) in [6.07, 6.45) is 1.65. The number of nitrogens with zero attached hydrogens (tertiary/aromatic N) is 3. The molecule has 0 saturated carbocycles. The monoisotopic (exact) mass is 283 g/mol. The van der Waals surface area contributed by atoms with Crippen molar-refractivity contribution in [3.05, 3.63) is 15.8 Å². The van der Waals surface area contributed by atoms with Gasteiger partial charge in [-0.1, -0.05) is 6.92 Å². The van der Waals surface area contributed by atoms with Crippen molar-refractivity contribution in [2.75, 3.05) is 30.8 Å². The normalized spacial score (nSPS) is 12.0. The van der Waals surface area contributed by atoms with Crippen LogP contribution in [0.25, 0.3) is 0 Å². The Kier molecular flexibility index (Phi) is 6.10. The lowest BCUT2D eigenvalue weighted by atomic mass is 10.1. The summed E-state index contributed by atoms with van der Waals surface area (Å²) in [7, 11) is 1.66. The Morgan fingerprint density at radius 2 is 2.15 bits per heavy atom. The van der Waals surface area contributed by atoms with Crippen LogP contribution in [0.3, 0.4) is 0 Å². The van der Waals surface area contributed by atoms with Gasteiger partial charge in [0.25, 0.3) is 0 Å². The van der Waals surface area contributed by atoms with Gasteiger partial charge in [-0.15, -0.1) is 0 Å². The molecular weight excluding hydrogens is 262 g/mol. The molecule has 0 aliphatic carbocycles. The first-order valence-electron chi connectivity index (χ1n) is 6.55. The summed E-state index contributed by atoms with van der Waals surface area (Å²) >= 11 is 0. The Hall–Kier alpha value is -1.96. The number of aliphatic hydroxyl groups excluding tert-OH is 1. The Labute approximate surface area is 117 Å². The fourth-order valence-corrected chi connectivity index (χ4v) is 1.77. The molecule has 8 nitrogen and oxygen atoms in total. The Bertz CT molecular complexity index is 467. The first-order chi connectivity index (χ1) is 9.49. The Morgan fingerprint density at radius 1 is 1.45 bits per heavy atom. The molecule has 20 heavy (non-hydrogen) atoms. The van der Waals surface area contributed by atoms with Crippen LogP contribution in [0, 0.1) is 23.0 Å². The second-order valence-corrected chi connectivity index (χ2v) is 4.69. The molecule has 1 aromatic rings. The van der Waals surface area contributed by atoms with E-state index in [1.54, 1.807) is 14.0 Å². The van der Waals surface area contributed by atoms with E-state index in [1.807, 2.05) is 6.92 Å². The first kappa shape index (κ1) is 16.1. The van der Waals surface area contributed by atoms with Gasteiger partial charge in [-0.3, -0.25) is 10.1 Å². The molecule has 3 N–H and O–H groups in total. The van der Waals surface area contributed by atoms with Crippen molar-refractivity contribution in [3.8, 4) is 0 Å². The molecule has 8 heteroatoms. The van der Waals surface area contributed by atoms with Gasteiger partial charge in [-0.25, -0.2) is 4.98 Å². The van der Waals surface area contributed by atoms with Gasteiger partial charge in [-0.2, -0.15) is 4.98 Å². The molecule has 0 bridgehead atoms. The number of hydrogen-bond donors (Lipinski definition) is 3. The van der Waals surface area contributed by atoms with Crippen molar-refractivity contribution < 1.29 is 10.0 Å². The minimum Gasteiger partial charge on any atom is -0.396 e. The SMILES string of the molecule is CNc1nc(C)c([N+](=O)[O-])c(NCCCC(C)CO)n1. The largest absolute Gasteiger partial charge is 0.396 e. The summed E-state index contributed by atoms with van der Waals surface area (Å²) in [5.74, 6) is 0.801. The van der Waals surface area contributed by atoms with E-state index in [0.717, 1.165) is 12.8 Å². The van der Waals surface area contributed by atoms with E-state index in [4.69, 9.17) is 5.11 Å². The lowest BCUT2D eigenvalue weighted by molar-refractivity contribution is -0.385. The fraction of sp³-hybridized carbons (Fsp3) is 0.667. The standard InChI is InChI=1S/C12H21N5O3/c1-8(7-18)5-4-6-14-11-10(17(19)20)9(2)15-12(13-3)16-11/h8,18H,4-7H2,1-3H3,(H2,13,14,15,16). The molecule has 112 valence electrons. The van der Waals surface area contributed by atoms with E-state index in [9.17, 15) is 10.1 Å². The van der Waals surface area contributed by atoms with Crippen LogP contribution < -0.4 is 10.6 Å². The summed E-state index contributed by atoms with van der Waals surface area (Å²) < 4.78 is 0. The van der Waals surface area contributed by atoms with Gasteiger partial charge in [0.1, 0.15) is 5.69 Å². The van der Waals surface area contributed by atoms with Crippen LogP contribution in [-0.4, -0.2) is 40.2 Å². The molecule has 0 aromatic carbocycles. The topological polar surface area (TPSA) is 113 Å².